The zero-order valence-corrected chi connectivity index (χ0v) is 24.1. The number of aryl methyl sites for hydroxylation is 2. The molecule has 0 saturated heterocycles. The van der Waals surface area contributed by atoms with Crippen LogP contribution >= 0.6 is 12.0 Å². The van der Waals surface area contributed by atoms with Crippen molar-refractivity contribution >= 4 is 23.2 Å². The Morgan fingerprint density at radius 2 is 1.69 bits per heavy atom. The summed E-state index contributed by atoms with van der Waals surface area (Å²) >= 11 is 1.32. The fraction of sp³-hybridized carbons (Fsp3) is 0.615. The fourth-order valence-corrected chi connectivity index (χ4v) is 3.77. The zero-order valence-electron chi connectivity index (χ0n) is 23.3. The van der Waals surface area contributed by atoms with E-state index in [1.165, 1.54) is 12.0 Å². The van der Waals surface area contributed by atoms with Gasteiger partial charge in [0.1, 0.15) is 11.6 Å². The van der Waals surface area contributed by atoms with Crippen LogP contribution < -0.4 is 4.74 Å². The van der Waals surface area contributed by atoms with E-state index < -0.39 is 0 Å². The van der Waals surface area contributed by atoms with Gasteiger partial charge in [-0.2, -0.15) is 5.10 Å². The minimum Gasteiger partial charge on any atom is -0.480 e. The number of nitrogens with zero attached hydrogens (tertiary/aromatic N) is 5. The van der Waals surface area contributed by atoms with Crippen molar-refractivity contribution in [2.24, 2.45) is 0 Å². The predicted octanol–water partition coefficient (Wildman–Crippen LogP) is 6.43. The molecule has 3 rings (SSSR count). The second-order valence-corrected chi connectivity index (χ2v) is 8.15. The van der Waals surface area contributed by atoms with E-state index >= 15 is 0 Å². The van der Waals surface area contributed by atoms with Gasteiger partial charge in [-0.05, 0) is 43.4 Å². The first-order chi connectivity index (χ1) is 16.9. The van der Waals surface area contributed by atoms with Gasteiger partial charge in [-0.25, -0.2) is 19.6 Å². The van der Waals surface area contributed by atoms with Crippen LogP contribution in [0.5, 0.6) is 5.88 Å². The molecule has 1 atom stereocenters. The number of rotatable bonds is 10. The molecule has 0 spiro atoms. The molecule has 0 N–H and O–H groups in total. The number of hydrogen-bond acceptors (Lipinski definition) is 8. The van der Waals surface area contributed by atoms with Gasteiger partial charge in [-0.1, -0.05) is 48.5 Å². The Kier molecular flexibility index (Phi) is 13.8. The van der Waals surface area contributed by atoms with E-state index in [9.17, 15) is 0 Å². The molecule has 0 aliphatic carbocycles. The third-order valence-electron chi connectivity index (χ3n) is 5.11. The molecule has 0 saturated carbocycles. The Morgan fingerprint density at radius 3 is 2.23 bits per heavy atom. The fourth-order valence-electron chi connectivity index (χ4n) is 3.48. The van der Waals surface area contributed by atoms with Gasteiger partial charge >= 0.3 is 0 Å². The molecule has 0 aromatic carbocycles. The van der Waals surface area contributed by atoms with E-state index in [1.54, 1.807) is 14.2 Å². The first kappa shape index (κ1) is 30.8. The summed E-state index contributed by atoms with van der Waals surface area (Å²) in [4.78, 5) is 14.7. The predicted molar refractivity (Wildman–Crippen MR) is 146 cm³/mol. The van der Waals surface area contributed by atoms with Gasteiger partial charge in [0.2, 0.25) is 5.88 Å². The van der Waals surface area contributed by atoms with Crippen molar-refractivity contribution in [3.63, 3.8) is 0 Å². The van der Waals surface area contributed by atoms with Crippen molar-refractivity contribution in [1.29, 1.82) is 0 Å². The van der Waals surface area contributed by atoms with Crippen LogP contribution in [0.15, 0.2) is 12.1 Å². The molecule has 196 valence electrons. The summed E-state index contributed by atoms with van der Waals surface area (Å²) in [6.07, 6.45) is 2.61. The lowest BCUT2D eigenvalue weighted by Gasteiger charge is -2.17. The van der Waals surface area contributed by atoms with Crippen molar-refractivity contribution in [1.82, 2.24) is 24.7 Å². The molecule has 0 bridgehead atoms. The molecule has 3 aromatic heterocycles. The Balaban J connectivity index is 0.00000145. The molecule has 0 aliphatic rings. The minimum absolute atomic E-state index is 0.0972. The summed E-state index contributed by atoms with van der Waals surface area (Å²) in [7, 11) is 3.31. The van der Waals surface area contributed by atoms with E-state index in [0.29, 0.717) is 31.4 Å². The summed E-state index contributed by atoms with van der Waals surface area (Å²) in [5, 5.41) is 4.73. The van der Waals surface area contributed by atoms with Gasteiger partial charge in [0.05, 0.1) is 43.0 Å². The van der Waals surface area contributed by atoms with Gasteiger partial charge in [0.25, 0.3) is 0 Å². The molecular weight excluding hydrogens is 462 g/mol. The molecule has 3 heterocycles. The highest BCUT2D eigenvalue weighted by Crippen LogP contribution is 2.33. The Morgan fingerprint density at radius 1 is 1.00 bits per heavy atom. The van der Waals surface area contributed by atoms with Crippen molar-refractivity contribution in [3.8, 4) is 17.1 Å². The van der Waals surface area contributed by atoms with E-state index in [1.807, 2.05) is 57.7 Å². The number of ether oxygens (including phenoxy) is 2. The lowest BCUT2D eigenvalue weighted by Crippen LogP contribution is -2.21. The van der Waals surface area contributed by atoms with Gasteiger partial charge in [0.15, 0.2) is 5.65 Å². The molecule has 0 fully saturated rings. The van der Waals surface area contributed by atoms with Crippen molar-refractivity contribution in [3.05, 3.63) is 29.2 Å². The maximum atomic E-state index is 5.62. The molecule has 0 radical (unpaired) electrons. The molecule has 0 amide bonds. The highest BCUT2D eigenvalue weighted by molar-refractivity contribution is 7.93. The van der Waals surface area contributed by atoms with Gasteiger partial charge in [0, 0.05) is 19.1 Å². The highest BCUT2D eigenvalue weighted by atomic mass is 32.2. The first-order valence-electron chi connectivity index (χ1n) is 12.4. The third kappa shape index (κ3) is 7.38. The Bertz CT molecular complexity index is 1040. The third-order valence-corrected chi connectivity index (χ3v) is 5.48. The molecular formula is C26H43N5O3S. The summed E-state index contributed by atoms with van der Waals surface area (Å²) in [5.74, 6) is 0.870. The lowest BCUT2D eigenvalue weighted by molar-refractivity contribution is 0.125. The summed E-state index contributed by atoms with van der Waals surface area (Å²) < 4.78 is 18.5. The topological polar surface area (TPSA) is 84.2 Å². The molecule has 1 unspecified atom stereocenters. The van der Waals surface area contributed by atoms with Gasteiger partial charge in [-0.3, -0.25) is 0 Å². The van der Waals surface area contributed by atoms with Crippen molar-refractivity contribution < 1.29 is 13.7 Å². The largest absolute Gasteiger partial charge is 0.480 e. The monoisotopic (exact) mass is 505 g/mol. The van der Waals surface area contributed by atoms with Crippen LogP contribution in [0.2, 0.25) is 0 Å². The number of aromatic nitrogens is 5. The van der Waals surface area contributed by atoms with Crippen LogP contribution in [0.25, 0.3) is 22.4 Å². The molecule has 35 heavy (non-hydrogen) atoms. The van der Waals surface area contributed by atoms with Crippen LogP contribution in [0, 0.1) is 6.92 Å². The van der Waals surface area contributed by atoms with E-state index in [-0.39, 0.29) is 6.04 Å². The van der Waals surface area contributed by atoms with Crippen molar-refractivity contribution in [2.45, 2.75) is 73.8 Å². The summed E-state index contributed by atoms with van der Waals surface area (Å²) in [6, 6.07) is 3.95. The normalized spacial score (nSPS) is 11.5. The zero-order chi connectivity index (χ0) is 26.5. The van der Waals surface area contributed by atoms with Gasteiger partial charge in [-0.15, -0.1) is 0 Å². The Hall–Kier alpha value is -2.23. The number of pyridine rings is 1. The van der Waals surface area contributed by atoms with E-state index in [2.05, 4.69) is 20.8 Å². The number of methoxy groups -OCH3 is 2. The van der Waals surface area contributed by atoms with Crippen LogP contribution in [0.3, 0.4) is 0 Å². The quantitative estimate of drug-likeness (QED) is 0.292. The summed E-state index contributed by atoms with van der Waals surface area (Å²) in [6.45, 7) is 17.2. The second kappa shape index (κ2) is 15.7. The van der Waals surface area contributed by atoms with E-state index in [4.69, 9.17) is 33.7 Å². The van der Waals surface area contributed by atoms with Crippen LogP contribution in [-0.4, -0.2) is 58.4 Å². The smallest absolute Gasteiger partial charge is 0.222 e. The maximum absolute atomic E-state index is 5.62. The first-order valence-corrected chi connectivity index (χ1v) is 13.6. The number of hydrogen-bond donors (Lipinski definition) is 0. The standard InChI is InChI=1S/C22H31N5O3S.2C2H6/c1-8-17-20(16-9-10-18(13(2)3)24-22(16)29-6)25-19-14(4)26-27(21(19)23-17)15(11-28-5)12-30-31-7;2*1-2/h9-10,13,15H,8,11-12H2,1-7H3;2*1-2H3. The maximum Gasteiger partial charge on any atom is 0.222 e. The SMILES string of the molecule is CC.CC.CCc1nc2c(nc1-c1ccc(C(C)C)nc1OC)c(C)nn2C(COC)COSC. The van der Waals surface area contributed by atoms with Gasteiger partial charge < -0.3 is 13.7 Å². The minimum atomic E-state index is -0.0972. The van der Waals surface area contributed by atoms with Crippen LogP contribution in [-0.2, 0) is 15.3 Å². The molecule has 9 heteroatoms. The lowest BCUT2D eigenvalue weighted by atomic mass is 10.1. The molecule has 3 aromatic rings. The second-order valence-electron chi connectivity index (χ2n) is 7.58. The number of fused-ring (bicyclic) bond motifs is 1. The van der Waals surface area contributed by atoms with E-state index in [0.717, 1.165) is 39.5 Å². The average Bonchev–Trinajstić information content (AvgIpc) is 3.22. The van der Waals surface area contributed by atoms with Crippen LogP contribution in [0.1, 0.15) is 77.5 Å². The molecule has 8 nitrogen and oxygen atoms in total. The Labute approximate surface area is 215 Å². The van der Waals surface area contributed by atoms with Crippen molar-refractivity contribution in [2.75, 3.05) is 33.7 Å². The summed E-state index contributed by atoms with van der Waals surface area (Å²) in [5.41, 5.74) is 5.76. The molecule has 0 aliphatic heterocycles. The average molecular weight is 506 g/mol. The highest BCUT2D eigenvalue weighted by Gasteiger charge is 2.23. The van der Waals surface area contributed by atoms with Crippen LogP contribution in [0.4, 0.5) is 0 Å².